The Hall–Kier alpha value is -4.08. The number of anilines is 2. The number of furan rings is 1. The summed E-state index contributed by atoms with van der Waals surface area (Å²) in [6.07, 6.45) is 3.17. The van der Waals surface area contributed by atoms with Crippen molar-refractivity contribution in [3.05, 3.63) is 71.1 Å². The monoisotopic (exact) mass is 534 g/mol. The van der Waals surface area contributed by atoms with Gasteiger partial charge in [-0.25, -0.2) is 0 Å². The molecule has 1 aliphatic heterocycles. The second-order valence-electron chi connectivity index (χ2n) is 8.22. The maximum atomic E-state index is 13.1. The summed E-state index contributed by atoms with van der Waals surface area (Å²) in [5.41, 5.74) is 8.53. The molecule has 1 atom stereocenters. The van der Waals surface area contributed by atoms with Crippen LogP contribution in [0.4, 0.5) is 10.8 Å². The van der Waals surface area contributed by atoms with Crippen molar-refractivity contribution in [2.75, 3.05) is 23.1 Å². The minimum absolute atomic E-state index is 0.0416. The number of hydrogen-bond acceptors (Lipinski definition) is 11. The summed E-state index contributed by atoms with van der Waals surface area (Å²) in [5.74, 6) is 0.447. The van der Waals surface area contributed by atoms with Crippen LogP contribution in [0.5, 0.6) is 5.75 Å². The largest absolute Gasteiger partial charge is 0.495 e. The molecule has 0 saturated carbocycles. The van der Waals surface area contributed by atoms with Gasteiger partial charge in [0, 0.05) is 17.7 Å². The number of nitrogens with one attached hydrogen (secondary N) is 1. The molecule has 2 aliphatic rings. The van der Waals surface area contributed by atoms with Gasteiger partial charge in [-0.15, -0.1) is 10.2 Å². The van der Waals surface area contributed by atoms with Crippen molar-refractivity contribution in [1.82, 2.24) is 10.2 Å². The van der Waals surface area contributed by atoms with Crippen LogP contribution in [0, 0.1) is 11.3 Å². The van der Waals surface area contributed by atoms with E-state index in [-0.39, 0.29) is 28.8 Å². The van der Waals surface area contributed by atoms with E-state index in [9.17, 15) is 14.9 Å². The Morgan fingerprint density at radius 1 is 1.32 bits per heavy atom. The van der Waals surface area contributed by atoms with E-state index in [4.69, 9.17) is 14.9 Å². The van der Waals surface area contributed by atoms with Gasteiger partial charge in [-0.3, -0.25) is 14.5 Å². The molecule has 0 saturated heterocycles. The van der Waals surface area contributed by atoms with Crippen LogP contribution in [0.25, 0.3) is 0 Å². The van der Waals surface area contributed by atoms with Crippen molar-refractivity contribution < 1.29 is 18.7 Å². The van der Waals surface area contributed by atoms with E-state index < -0.39 is 5.92 Å². The highest BCUT2D eigenvalue weighted by Gasteiger charge is 2.42. The molecule has 0 spiro atoms. The summed E-state index contributed by atoms with van der Waals surface area (Å²) >= 11 is 2.46. The van der Waals surface area contributed by atoms with Crippen molar-refractivity contribution in [3.63, 3.8) is 0 Å². The molecule has 1 amide bonds. The van der Waals surface area contributed by atoms with Crippen LogP contribution in [0.15, 0.2) is 74.1 Å². The van der Waals surface area contributed by atoms with Crippen molar-refractivity contribution >= 4 is 45.6 Å². The number of rotatable bonds is 7. The van der Waals surface area contributed by atoms with Crippen LogP contribution in [-0.4, -0.2) is 34.8 Å². The third-order valence-corrected chi connectivity index (χ3v) is 8.08. The number of carbonyl (C=O) groups is 2. The topological polar surface area (TPSA) is 147 Å². The number of ether oxygens (including phenoxy) is 1. The van der Waals surface area contributed by atoms with Gasteiger partial charge in [-0.2, -0.15) is 5.26 Å². The summed E-state index contributed by atoms with van der Waals surface area (Å²) in [6.45, 7) is 0. The average Bonchev–Trinajstić information content (AvgIpc) is 3.60. The molecule has 1 aliphatic carbocycles. The molecule has 1 unspecified atom stereocenters. The number of nitrogens with two attached hydrogens (primary N) is 1. The number of carbonyl (C=O) groups excluding carboxylic acids is 2. The van der Waals surface area contributed by atoms with Gasteiger partial charge in [-0.05, 0) is 37.1 Å². The number of Topliss-reactive ketones (excluding diaryl/α,β-unsaturated/α-hetero) is 1. The molecule has 5 rings (SSSR count). The molecule has 3 aromatic rings. The maximum absolute atomic E-state index is 13.1. The lowest BCUT2D eigenvalue weighted by atomic mass is 9.78. The minimum atomic E-state index is -0.653. The molecule has 0 bridgehead atoms. The van der Waals surface area contributed by atoms with Gasteiger partial charge in [0.1, 0.15) is 17.3 Å². The van der Waals surface area contributed by atoms with Crippen molar-refractivity contribution in [2.45, 2.75) is 29.5 Å². The second kappa shape index (κ2) is 10.5. The van der Waals surface area contributed by atoms with Gasteiger partial charge in [0.15, 0.2) is 10.1 Å². The molecule has 10 nitrogen and oxygen atoms in total. The number of methoxy groups -OCH3 is 1. The predicted molar refractivity (Wildman–Crippen MR) is 139 cm³/mol. The van der Waals surface area contributed by atoms with Gasteiger partial charge in [0.05, 0.1) is 42.4 Å². The molecule has 1 aromatic carbocycles. The number of aromatic nitrogens is 2. The fourth-order valence-electron chi connectivity index (χ4n) is 4.46. The zero-order chi connectivity index (χ0) is 25.9. The van der Waals surface area contributed by atoms with Gasteiger partial charge >= 0.3 is 0 Å². The standard InChI is InChI=1S/C25H22N6O4S2/c1-34-18-9-3-2-6-15(18)28-20(33)13-36-25-30-29-24(37-25)31-16-7-4-8-17(32)22(16)21(14(12-26)23(31)27)19-10-5-11-35-19/h2-3,5-6,9-11,21H,4,7-8,13,27H2,1H3,(H,28,33). The fraction of sp³-hybridized carbons (Fsp3) is 0.240. The normalized spacial score (nSPS) is 17.5. The zero-order valence-electron chi connectivity index (χ0n) is 19.8. The third-order valence-electron chi connectivity index (χ3n) is 6.04. The molecular formula is C25H22N6O4S2. The molecule has 37 heavy (non-hydrogen) atoms. The fourth-order valence-corrected chi connectivity index (χ4v) is 6.14. The molecule has 12 heteroatoms. The molecule has 188 valence electrons. The van der Waals surface area contributed by atoms with Crippen LogP contribution in [-0.2, 0) is 9.59 Å². The third kappa shape index (κ3) is 4.71. The molecule has 0 radical (unpaired) electrons. The Morgan fingerprint density at radius 3 is 2.92 bits per heavy atom. The van der Waals surface area contributed by atoms with Crippen LogP contribution < -0.4 is 20.7 Å². The number of para-hydroxylation sites is 2. The average molecular weight is 535 g/mol. The first-order chi connectivity index (χ1) is 18.0. The number of nitrogens with zero attached hydrogens (tertiary/aromatic N) is 4. The zero-order valence-corrected chi connectivity index (χ0v) is 21.4. The molecule has 0 fully saturated rings. The van der Waals surface area contributed by atoms with Crippen molar-refractivity contribution in [2.24, 2.45) is 5.73 Å². The summed E-state index contributed by atoms with van der Waals surface area (Å²) in [5, 5.41) is 21.8. The van der Waals surface area contributed by atoms with Gasteiger partial charge in [0.2, 0.25) is 11.0 Å². The van der Waals surface area contributed by atoms with E-state index in [2.05, 4.69) is 21.6 Å². The van der Waals surface area contributed by atoms with E-state index >= 15 is 0 Å². The van der Waals surface area contributed by atoms with Gasteiger partial charge < -0.3 is 20.2 Å². The van der Waals surface area contributed by atoms with Crippen LogP contribution in [0.3, 0.4) is 0 Å². The summed E-state index contributed by atoms with van der Waals surface area (Å²) in [4.78, 5) is 27.2. The van der Waals surface area contributed by atoms with Crippen LogP contribution in [0.1, 0.15) is 30.9 Å². The first-order valence-electron chi connectivity index (χ1n) is 11.4. The van der Waals surface area contributed by atoms with E-state index in [0.29, 0.717) is 57.2 Å². The lowest BCUT2D eigenvalue weighted by molar-refractivity contribution is -0.116. The first-order valence-corrected chi connectivity index (χ1v) is 13.2. The number of ketones is 1. The number of amides is 1. The van der Waals surface area contributed by atoms with Crippen molar-refractivity contribution in [1.29, 1.82) is 5.26 Å². The Bertz CT molecular complexity index is 1450. The summed E-state index contributed by atoms with van der Waals surface area (Å²) in [7, 11) is 1.54. The molecular weight excluding hydrogens is 512 g/mol. The number of benzene rings is 1. The smallest absolute Gasteiger partial charge is 0.234 e. The van der Waals surface area contributed by atoms with E-state index in [1.165, 1.54) is 29.4 Å². The SMILES string of the molecule is COc1ccccc1NC(=O)CSc1nnc(N2C(N)=C(C#N)C(c3ccco3)C3=C2CCCC3=O)s1. The van der Waals surface area contributed by atoms with E-state index in [0.717, 1.165) is 0 Å². The maximum Gasteiger partial charge on any atom is 0.234 e. The number of thioether (sulfide) groups is 1. The Balaban J connectivity index is 1.39. The first kappa shape index (κ1) is 24.6. The highest BCUT2D eigenvalue weighted by Crippen LogP contribution is 2.47. The highest BCUT2D eigenvalue weighted by molar-refractivity contribution is 8.01. The van der Waals surface area contributed by atoms with Crippen molar-refractivity contribution in [3.8, 4) is 11.8 Å². The van der Waals surface area contributed by atoms with Crippen LogP contribution >= 0.6 is 23.1 Å². The summed E-state index contributed by atoms with van der Waals surface area (Å²) in [6, 6.07) is 12.8. The van der Waals surface area contributed by atoms with Gasteiger partial charge in [0.25, 0.3) is 0 Å². The highest BCUT2D eigenvalue weighted by atomic mass is 32.2. The van der Waals surface area contributed by atoms with Gasteiger partial charge in [-0.1, -0.05) is 35.2 Å². The lowest BCUT2D eigenvalue weighted by Gasteiger charge is -2.37. The summed E-state index contributed by atoms with van der Waals surface area (Å²) < 4.78 is 11.4. The van der Waals surface area contributed by atoms with E-state index in [1.54, 1.807) is 36.3 Å². The number of hydrogen-bond donors (Lipinski definition) is 2. The molecule has 3 heterocycles. The van der Waals surface area contributed by atoms with Crippen LogP contribution in [0.2, 0.25) is 0 Å². The Kier molecular flexibility index (Phi) is 6.98. The molecule has 2 aromatic heterocycles. The Morgan fingerprint density at radius 2 is 2.16 bits per heavy atom. The lowest BCUT2D eigenvalue weighted by Crippen LogP contribution is -2.38. The Labute approximate surface area is 220 Å². The van der Waals surface area contributed by atoms with E-state index in [1.807, 2.05) is 12.1 Å². The minimum Gasteiger partial charge on any atom is -0.495 e. The number of nitriles is 1. The molecule has 3 N–H and O–H groups in total. The predicted octanol–water partition coefficient (Wildman–Crippen LogP) is 4.18. The number of allylic oxidation sites excluding steroid dienone is 3. The second-order valence-corrected chi connectivity index (χ2v) is 10.4. The quantitative estimate of drug-likeness (QED) is 0.423.